The molecule has 3 N–H and O–H groups in total. The summed E-state index contributed by atoms with van der Waals surface area (Å²) >= 11 is 6.42. The maximum atomic E-state index is 13.4. The van der Waals surface area contributed by atoms with E-state index in [1.807, 2.05) is 26.0 Å². The van der Waals surface area contributed by atoms with Crippen molar-refractivity contribution in [1.82, 2.24) is 39.6 Å². The minimum atomic E-state index is -0.536. The molecule has 1 amide bonds. The van der Waals surface area contributed by atoms with Gasteiger partial charge in [-0.2, -0.15) is 15.0 Å². The monoisotopic (exact) mass is 547 g/mol. The number of aromatic nitrogens is 8. The summed E-state index contributed by atoms with van der Waals surface area (Å²) in [6, 6.07) is 8.74. The molecule has 4 aromatic heterocycles. The average molecular weight is 548 g/mol. The fraction of sp³-hybridized carbons (Fsp3) is 0.308. The van der Waals surface area contributed by atoms with Crippen LogP contribution in [0.2, 0.25) is 5.02 Å². The number of hydrogen-bond acceptors (Lipinski definition) is 8. The number of amides is 1. The van der Waals surface area contributed by atoms with E-state index in [0.29, 0.717) is 39.2 Å². The molecule has 1 aliphatic carbocycles. The number of pyridine rings is 1. The Morgan fingerprint density at radius 3 is 2.67 bits per heavy atom. The smallest absolute Gasteiger partial charge is 0.259 e. The fourth-order valence-corrected chi connectivity index (χ4v) is 4.88. The Bertz CT molecular complexity index is 1700. The average Bonchev–Trinajstić information content (AvgIpc) is 3.37. The summed E-state index contributed by atoms with van der Waals surface area (Å²) in [6.45, 7) is 3.28. The second-order valence-corrected chi connectivity index (χ2v) is 10.0. The summed E-state index contributed by atoms with van der Waals surface area (Å²) in [6.07, 6.45) is 5.38. The van der Waals surface area contributed by atoms with Crippen molar-refractivity contribution in [3.8, 4) is 22.5 Å². The van der Waals surface area contributed by atoms with Crippen molar-refractivity contribution in [3.63, 3.8) is 0 Å². The first-order valence-electron chi connectivity index (χ1n) is 12.5. The van der Waals surface area contributed by atoms with Gasteiger partial charge in [0.2, 0.25) is 5.82 Å². The topological polar surface area (TPSA) is 148 Å². The predicted molar refractivity (Wildman–Crippen MR) is 144 cm³/mol. The van der Waals surface area contributed by atoms with Crippen LogP contribution >= 0.6 is 11.6 Å². The number of aliphatic hydroxyl groups excluding tert-OH is 2. The van der Waals surface area contributed by atoms with Gasteiger partial charge in [-0.25, -0.2) is 4.52 Å². The highest BCUT2D eigenvalue weighted by Crippen LogP contribution is 2.34. The van der Waals surface area contributed by atoms with Gasteiger partial charge in [0.1, 0.15) is 0 Å². The van der Waals surface area contributed by atoms with Crippen LogP contribution in [0.25, 0.3) is 28.0 Å². The fourth-order valence-electron chi connectivity index (χ4n) is 4.71. The number of carbonyl (C=O) groups is 1. The maximum Gasteiger partial charge on any atom is 0.259 e. The predicted octanol–water partition coefficient (Wildman–Crippen LogP) is 3.23. The van der Waals surface area contributed by atoms with Crippen molar-refractivity contribution in [2.45, 2.75) is 38.8 Å². The van der Waals surface area contributed by atoms with Gasteiger partial charge >= 0.3 is 0 Å². The Balaban J connectivity index is 1.31. The molecule has 0 aliphatic heterocycles. The molecular weight excluding hydrogens is 522 g/mol. The summed E-state index contributed by atoms with van der Waals surface area (Å²) in [5, 5.41) is 44.1. The summed E-state index contributed by atoms with van der Waals surface area (Å²) < 4.78 is 3.25. The summed E-state index contributed by atoms with van der Waals surface area (Å²) in [5.74, 6) is 0.0890. The normalized spacial score (nSPS) is 13.5. The molecule has 1 fully saturated rings. The first-order chi connectivity index (χ1) is 18.9. The van der Waals surface area contributed by atoms with Gasteiger partial charge in [-0.1, -0.05) is 11.6 Å². The third-order valence-electron chi connectivity index (χ3n) is 6.92. The molecule has 0 spiro atoms. The zero-order chi connectivity index (χ0) is 27.3. The van der Waals surface area contributed by atoms with Crippen LogP contribution < -0.4 is 5.32 Å². The number of hydrogen-bond donors (Lipinski definition) is 3. The van der Waals surface area contributed by atoms with E-state index in [4.69, 9.17) is 11.6 Å². The van der Waals surface area contributed by atoms with E-state index in [-0.39, 0.29) is 19.1 Å². The molecule has 39 heavy (non-hydrogen) atoms. The Hall–Kier alpha value is -4.13. The lowest BCUT2D eigenvalue weighted by Gasteiger charge is -2.14. The molecule has 12 nitrogen and oxygen atoms in total. The first kappa shape index (κ1) is 25.2. The number of rotatable bonds is 8. The Morgan fingerprint density at radius 1 is 1.13 bits per heavy atom. The van der Waals surface area contributed by atoms with Crippen molar-refractivity contribution in [2.75, 3.05) is 18.5 Å². The molecular formula is C26H26ClN9O3. The standard InChI is InChI=1S/C26H26ClN9O3/c1-14-24(15(2)35(31-14)19(12-37)13-38)16-7-8-34-23(10-16)20(11-28-34)26(39)29-22-9-17(3-6-21(22)27)25-30-33-36(32-25)18-4-5-18/h3,6-11,18-19,37-38H,4-5,12-13H2,1-2H3,(H,29,39). The van der Waals surface area contributed by atoms with Gasteiger partial charge in [0.25, 0.3) is 5.91 Å². The lowest BCUT2D eigenvalue weighted by Crippen LogP contribution is -2.19. The van der Waals surface area contributed by atoms with Gasteiger partial charge in [0.05, 0.1) is 59.0 Å². The number of carbonyl (C=O) groups excluding carboxylic acids is 1. The summed E-state index contributed by atoms with van der Waals surface area (Å²) in [7, 11) is 0. The summed E-state index contributed by atoms with van der Waals surface area (Å²) in [5.41, 5.74) is 5.30. The Kier molecular flexibility index (Phi) is 6.37. The number of nitrogens with zero attached hydrogens (tertiary/aromatic N) is 8. The number of anilines is 1. The van der Waals surface area contributed by atoms with Crippen LogP contribution in [0.5, 0.6) is 0 Å². The van der Waals surface area contributed by atoms with Crippen molar-refractivity contribution in [3.05, 3.63) is 64.7 Å². The maximum absolute atomic E-state index is 13.4. The molecule has 4 heterocycles. The molecule has 5 aromatic rings. The zero-order valence-electron chi connectivity index (χ0n) is 21.3. The van der Waals surface area contributed by atoms with Crippen LogP contribution in [-0.2, 0) is 0 Å². The Morgan fingerprint density at radius 2 is 1.92 bits per heavy atom. The van der Waals surface area contributed by atoms with Crippen molar-refractivity contribution < 1.29 is 15.0 Å². The highest BCUT2D eigenvalue weighted by Gasteiger charge is 2.27. The van der Waals surface area contributed by atoms with Crippen LogP contribution in [0.3, 0.4) is 0 Å². The second kappa shape index (κ2) is 9.88. The second-order valence-electron chi connectivity index (χ2n) is 9.63. The molecule has 6 rings (SSSR count). The molecule has 0 saturated heterocycles. The van der Waals surface area contributed by atoms with E-state index >= 15 is 0 Å². The largest absolute Gasteiger partial charge is 0.394 e. The van der Waals surface area contributed by atoms with Crippen LogP contribution in [0.1, 0.15) is 46.7 Å². The lowest BCUT2D eigenvalue weighted by atomic mass is 10.0. The number of benzene rings is 1. The Labute approximate surface area is 227 Å². The van der Waals surface area contributed by atoms with E-state index in [1.165, 1.54) is 6.20 Å². The minimum Gasteiger partial charge on any atom is -0.394 e. The third kappa shape index (κ3) is 4.56. The molecule has 0 unspecified atom stereocenters. The SMILES string of the molecule is Cc1nn(C(CO)CO)c(C)c1-c1ccn2ncc(C(=O)Nc3cc(-c4nnn(C5CC5)n4)ccc3Cl)c2c1. The van der Waals surface area contributed by atoms with Crippen molar-refractivity contribution >= 4 is 28.7 Å². The number of nitrogens with one attached hydrogen (secondary N) is 1. The first-order valence-corrected chi connectivity index (χ1v) is 12.9. The highest BCUT2D eigenvalue weighted by atomic mass is 35.5. The van der Waals surface area contributed by atoms with Gasteiger partial charge in [-0.3, -0.25) is 9.48 Å². The molecule has 1 aliphatic rings. The number of aryl methyl sites for hydroxylation is 1. The summed E-state index contributed by atoms with van der Waals surface area (Å²) in [4.78, 5) is 15.0. The van der Waals surface area contributed by atoms with E-state index in [2.05, 4.69) is 30.9 Å². The van der Waals surface area contributed by atoms with Crippen LogP contribution in [0.4, 0.5) is 5.69 Å². The lowest BCUT2D eigenvalue weighted by molar-refractivity contribution is 0.102. The van der Waals surface area contributed by atoms with E-state index in [1.54, 1.807) is 38.4 Å². The quantitative estimate of drug-likeness (QED) is 0.268. The highest BCUT2D eigenvalue weighted by molar-refractivity contribution is 6.34. The van der Waals surface area contributed by atoms with Gasteiger partial charge < -0.3 is 15.5 Å². The minimum absolute atomic E-state index is 0.234. The van der Waals surface area contributed by atoms with E-state index in [9.17, 15) is 15.0 Å². The van der Waals surface area contributed by atoms with Crippen LogP contribution in [-0.4, -0.2) is 68.9 Å². The number of tetrazole rings is 1. The number of aliphatic hydroxyl groups is 2. The van der Waals surface area contributed by atoms with E-state index < -0.39 is 6.04 Å². The van der Waals surface area contributed by atoms with Gasteiger partial charge in [-0.15, -0.1) is 10.2 Å². The number of halogens is 1. The molecule has 0 radical (unpaired) electrons. The van der Waals surface area contributed by atoms with Crippen LogP contribution in [0, 0.1) is 13.8 Å². The van der Waals surface area contributed by atoms with Gasteiger partial charge in [0, 0.05) is 23.0 Å². The van der Waals surface area contributed by atoms with Crippen LogP contribution in [0.15, 0.2) is 42.7 Å². The van der Waals surface area contributed by atoms with Gasteiger partial charge in [0.15, 0.2) is 0 Å². The molecule has 13 heteroatoms. The molecule has 1 aromatic carbocycles. The molecule has 0 bridgehead atoms. The van der Waals surface area contributed by atoms with E-state index in [0.717, 1.165) is 35.4 Å². The van der Waals surface area contributed by atoms with Crippen molar-refractivity contribution in [2.24, 2.45) is 0 Å². The molecule has 0 atom stereocenters. The third-order valence-corrected chi connectivity index (χ3v) is 7.25. The zero-order valence-corrected chi connectivity index (χ0v) is 22.0. The van der Waals surface area contributed by atoms with Gasteiger partial charge in [-0.05, 0) is 67.8 Å². The molecule has 1 saturated carbocycles. The molecule has 200 valence electrons. The van der Waals surface area contributed by atoms with Crippen molar-refractivity contribution in [1.29, 1.82) is 0 Å². The number of fused-ring (bicyclic) bond motifs is 1.